The highest BCUT2D eigenvalue weighted by Crippen LogP contribution is 2.27. The molecule has 2 aromatic rings. The number of nitro groups is 1. The third kappa shape index (κ3) is 5.81. The highest BCUT2D eigenvalue weighted by Gasteiger charge is 2.32. The molecule has 1 aliphatic rings. The lowest BCUT2D eigenvalue weighted by atomic mass is 9.98. The largest absolute Gasteiger partial charge is 0.341 e. The van der Waals surface area contributed by atoms with Gasteiger partial charge in [0, 0.05) is 19.2 Å². The first-order chi connectivity index (χ1) is 14.7. The summed E-state index contributed by atoms with van der Waals surface area (Å²) in [6.45, 7) is 3.26. The van der Waals surface area contributed by atoms with Crippen LogP contribution in [0.25, 0.3) is 0 Å². The van der Waals surface area contributed by atoms with E-state index in [2.05, 4.69) is 11.6 Å². The number of carbonyl (C=O) groups excluding carboxylic acids is 1. The van der Waals surface area contributed by atoms with Gasteiger partial charge in [0.25, 0.3) is 5.69 Å². The van der Waals surface area contributed by atoms with Gasteiger partial charge in [-0.15, -0.1) is 0 Å². The van der Waals surface area contributed by atoms with E-state index in [0.717, 1.165) is 30.5 Å². The van der Waals surface area contributed by atoms with E-state index in [9.17, 15) is 23.3 Å². The molecule has 0 saturated carbocycles. The molecule has 1 unspecified atom stereocenters. The van der Waals surface area contributed by atoms with Gasteiger partial charge in [0.15, 0.2) is 0 Å². The molecule has 8 nitrogen and oxygen atoms in total. The summed E-state index contributed by atoms with van der Waals surface area (Å²) >= 11 is 5.80. The van der Waals surface area contributed by atoms with E-state index in [0.29, 0.717) is 19.0 Å². The molecule has 1 atom stereocenters. The lowest BCUT2D eigenvalue weighted by molar-refractivity contribution is -0.384. The Morgan fingerprint density at radius 3 is 2.48 bits per heavy atom. The van der Waals surface area contributed by atoms with Gasteiger partial charge in [0.05, 0.1) is 9.82 Å². The van der Waals surface area contributed by atoms with Crippen molar-refractivity contribution in [2.45, 2.75) is 37.1 Å². The standard InChI is InChI=1S/C21H24ClN3O5S/c1-15-9-11-24(12-10-15)21(26)19(13-16-5-3-2-4-6-16)23-31(29,30)17-7-8-18(22)20(14-17)25(27)28/h2-8,14-15,19,23H,9-13H2,1H3. The number of halogens is 1. The molecule has 0 aromatic heterocycles. The first kappa shape index (κ1) is 23.2. The summed E-state index contributed by atoms with van der Waals surface area (Å²) in [5, 5.41) is 11.0. The smallest absolute Gasteiger partial charge is 0.289 e. The van der Waals surface area contributed by atoms with Crippen LogP contribution < -0.4 is 4.72 Å². The number of benzene rings is 2. The average Bonchev–Trinajstić information content (AvgIpc) is 2.74. The van der Waals surface area contributed by atoms with Crippen molar-refractivity contribution in [2.24, 2.45) is 5.92 Å². The van der Waals surface area contributed by atoms with E-state index < -0.39 is 26.7 Å². The van der Waals surface area contributed by atoms with Crippen LogP contribution in [-0.2, 0) is 21.2 Å². The van der Waals surface area contributed by atoms with Gasteiger partial charge in [-0.05, 0) is 42.9 Å². The van der Waals surface area contributed by atoms with E-state index in [1.807, 2.05) is 30.3 Å². The highest BCUT2D eigenvalue weighted by molar-refractivity contribution is 7.89. The Hall–Kier alpha value is -2.49. The number of hydrogen-bond donors (Lipinski definition) is 1. The number of rotatable bonds is 7. The van der Waals surface area contributed by atoms with Crippen molar-refractivity contribution in [3.63, 3.8) is 0 Å². The number of piperidine rings is 1. The minimum atomic E-state index is -4.21. The molecule has 3 rings (SSSR count). The van der Waals surface area contributed by atoms with E-state index in [-0.39, 0.29) is 22.2 Å². The molecular formula is C21H24ClN3O5S. The van der Waals surface area contributed by atoms with Crippen LogP contribution in [0.3, 0.4) is 0 Å². The Bertz CT molecular complexity index is 1050. The molecular weight excluding hydrogens is 442 g/mol. The van der Waals surface area contributed by atoms with Crippen LogP contribution in [0.2, 0.25) is 5.02 Å². The van der Waals surface area contributed by atoms with E-state index in [1.54, 1.807) is 4.90 Å². The lowest BCUT2D eigenvalue weighted by Crippen LogP contribution is -2.51. The lowest BCUT2D eigenvalue weighted by Gasteiger charge is -2.33. The summed E-state index contributed by atoms with van der Waals surface area (Å²) in [5.74, 6) is 0.214. The number of sulfonamides is 1. The Kier molecular flexibility index (Phi) is 7.30. The maximum Gasteiger partial charge on any atom is 0.289 e. The molecule has 166 valence electrons. The van der Waals surface area contributed by atoms with Crippen molar-refractivity contribution in [2.75, 3.05) is 13.1 Å². The van der Waals surface area contributed by atoms with Gasteiger partial charge < -0.3 is 4.90 Å². The maximum atomic E-state index is 13.2. The van der Waals surface area contributed by atoms with Gasteiger partial charge >= 0.3 is 0 Å². The Morgan fingerprint density at radius 2 is 1.87 bits per heavy atom. The van der Waals surface area contributed by atoms with Crippen molar-refractivity contribution < 1.29 is 18.1 Å². The SMILES string of the molecule is CC1CCN(C(=O)C(Cc2ccccc2)NS(=O)(=O)c2ccc(Cl)c([N+](=O)[O-])c2)CC1. The van der Waals surface area contributed by atoms with Crippen molar-refractivity contribution in [3.05, 3.63) is 69.2 Å². The van der Waals surface area contributed by atoms with Gasteiger partial charge in [-0.25, -0.2) is 8.42 Å². The van der Waals surface area contributed by atoms with Crippen LogP contribution in [0.15, 0.2) is 53.4 Å². The first-order valence-electron chi connectivity index (χ1n) is 9.96. The van der Waals surface area contributed by atoms with Crippen LogP contribution in [0.5, 0.6) is 0 Å². The second kappa shape index (κ2) is 9.76. The van der Waals surface area contributed by atoms with Crippen LogP contribution in [0.4, 0.5) is 5.69 Å². The summed E-state index contributed by atoms with van der Waals surface area (Å²) in [5.41, 5.74) is 0.288. The molecule has 1 amide bonds. The topological polar surface area (TPSA) is 110 Å². The summed E-state index contributed by atoms with van der Waals surface area (Å²) < 4.78 is 28.5. The molecule has 1 saturated heterocycles. The zero-order valence-corrected chi connectivity index (χ0v) is 18.6. The molecule has 1 heterocycles. The molecule has 1 fully saturated rings. The zero-order chi connectivity index (χ0) is 22.6. The summed E-state index contributed by atoms with van der Waals surface area (Å²) in [7, 11) is -4.21. The van der Waals surface area contributed by atoms with Gasteiger partial charge in [0.1, 0.15) is 11.1 Å². The number of carbonyl (C=O) groups is 1. The van der Waals surface area contributed by atoms with Gasteiger partial charge in [-0.3, -0.25) is 14.9 Å². The zero-order valence-electron chi connectivity index (χ0n) is 17.0. The van der Waals surface area contributed by atoms with Gasteiger partial charge in [-0.2, -0.15) is 4.72 Å². The Balaban J connectivity index is 1.89. The highest BCUT2D eigenvalue weighted by atomic mass is 35.5. The van der Waals surface area contributed by atoms with Crippen LogP contribution in [0, 0.1) is 16.0 Å². The number of amides is 1. The van der Waals surface area contributed by atoms with Crippen LogP contribution in [0.1, 0.15) is 25.3 Å². The van der Waals surface area contributed by atoms with Gasteiger partial charge in [-0.1, -0.05) is 48.9 Å². The molecule has 0 bridgehead atoms. The average molecular weight is 466 g/mol. The van der Waals surface area contributed by atoms with E-state index >= 15 is 0 Å². The van der Waals surface area contributed by atoms with Crippen molar-refractivity contribution in [1.82, 2.24) is 9.62 Å². The fourth-order valence-electron chi connectivity index (χ4n) is 3.53. The Labute approximate surface area is 186 Å². The monoisotopic (exact) mass is 465 g/mol. The van der Waals surface area contributed by atoms with Crippen molar-refractivity contribution >= 4 is 33.2 Å². The molecule has 1 aliphatic heterocycles. The second-order valence-corrected chi connectivity index (χ2v) is 9.86. The van der Waals surface area contributed by atoms with Gasteiger partial charge in [0.2, 0.25) is 15.9 Å². The summed E-state index contributed by atoms with van der Waals surface area (Å²) in [6, 6.07) is 11.3. The fraction of sp³-hybridized carbons (Fsp3) is 0.381. The first-order valence-corrected chi connectivity index (χ1v) is 11.8. The molecule has 1 N–H and O–H groups in total. The van der Waals surface area contributed by atoms with Crippen molar-refractivity contribution in [1.29, 1.82) is 0 Å². The molecule has 2 aromatic carbocycles. The minimum Gasteiger partial charge on any atom is -0.341 e. The second-order valence-electron chi connectivity index (χ2n) is 7.74. The fourth-order valence-corrected chi connectivity index (χ4v) is 4.93. The maximum absolute atomic E-state index is 13.2. The molecule has 10 heteroatoms. The predicted molar refractivity (Wildman–Crippen MR) is 117 cm³/mol. The van der Waals surface area contributed by atoms with Crippen LogP contribution in [-0.4, -0.2) is 43.3 Å². The van der Waals surface area contributed by atoms with E-state index in [4.69, 9.17) is 11.6 Å². The predicted octanol–water partition coefficient (Wildman–Crippen LogP) is 3.40. The van der Waals surface area contributed by atoms with Crippen molar-refractivity contribution in [3.8, 4) is 0 Å². The molecule has 0 radical (unpaired) electrons. The quantitative estimate of drug-likeness (QED) is 0.497. The van der Waals surface area contributed by atoms with Crippen LogP contribution >= 0.6 is 11.6 Å². The number of hydrogen-bond acceptors (Lipinski definition) is 5. The number of nitrogens with zero attached hydrogens (tertiary/aromatic N) is 2. The van der Waals surface area contributed by atoms with E-state index in [1.165, 1.54) is 6.07 Å². The summed E-state index contributed by atoms with van der Waals surface area (Å²) in [6.07, 6.45) is 1.89. The number of likely N-dealkylation sites (tertiary alicyclic amines) is 1. The third-order valence-corrected chi connectivity index (χ3v) is 7.19. The third-order valence-electron chi connectivity index (χ3n) is 5.40. The molecule has 31 heavy (non-hydrogen) atoms. The molecule has 0 spiro atoms. The number of nitrogens with one attached hydrogen (secondary N) is 1. The molecule has 0 aliphatic carbocycles. The number of nitro benzene ring substituents is 1. The summed E-state index contributed by atoms with van der Waals surface area (Å²) in [4.78, 5) is 25.0. The normalized spacial score (nSPS) is 16.1. The minimum absolute atomic E-state index is 0.164. The Morgan fingerprint density at radius 1 is 1.23 bits per heavy atom.